The predicted octanol–water partition coefficient (Wildman–Crippen LogP) is 13.7. The third-order valence-corrected chi connectivity index (χ3v) is 21.4. The summed E-state index contributed by atoms with van der Waals surface area (Å²) in [7, 11) is 1.64. The van der Waals surface area contributed by atoms with Gasteiger partial charge in [0, 0.05) is 50.2 Å². The number of carbonyl (C=O) groups is 4. The summed E-state index contributed by atoms with van der Waals surface area (Å²) >= 11 is 0. The van der Waals surface area contributed by atoms with Gasteiger partial charge in [0.1, 0.15) is 17.8 Å². The maximum atomic E-state index is 14.6. The molecule has 4 aliphatic carbocycles. The predicted molar refractivity (Wildman–Crippen MR) is 359 cm³/mol. The number of anilines is 1. The highest BCUT2D eigenvalue weighted by molar-refractivity contribution is 5.98. The average Bonchev–Trinajstić information content (AvgIpc) is 1.70. The van der Waals surface area contributed by atoms with Crippen LogP contribution in [0.5, 0.6) is 5.75 Å². The summed E-state index contributed by atoms with van der Waals surface area (Å²) in [5.74, 6) is 3.58. The molecule has 4 aliphatic rings. The fourth-order valence-corrected chi connectivity index (χ4v) is 16.4. The lowest BCUT2D eigenvalue weighted by molar-refractivity contribution is -0.384. The molecule has 9 rings (SSSR count). The molecule has 3 fully saturated rings. The van der Waals surface area contributed by atoms with Crippen molar-refractivity contribution in [1.82, 2.24) is 21.3 Å². The molecular weight excluding hydrogens is 1140 g/mol. The molecule has 15 heteroatoms. The second kappa shape index (κ2) is 31.9. The third-order valence-electron chi connectivity index (χ3n) is 21.4. The molecule has 15 nitrogen and oxygen atoms in total. The van der Waals surface area contributed by atoms with Gasteiger partial charge in [-0.15, -0.1) is 0 Å². The van der Waals surface area contributed by atoms with E-state index in [9.17, 15) is 34.4 Å². The number of fused-ring (bicyclic) bond motifs is 5. The van der Waals surface area contributed by atoms with Gasteiger partial charge in [-0.3, -0.25) is 34.6 Å². The molecule has 4 amide bonds. The second-order valence-corrected chi connectivity index (χ2v) is 27.5. The van der Waals surface area contributed by atoms with Gasteiger partial charge in [0.15, 0.2) is 0 Å². The van der Waals surface area contributed by atoms with E-state index in [1.54, 1.807) is 36.9 Å². The van der Waals surface area contributed by atoms with Gasteiger partial charge in [-0.2, -0.15) is 0 Å². The number of rotatable bonds is 32. The highest BCUT2D eigenvalue weighted by Gasteiger charge is 2.59. The van der Waals surface area contributed by atoms with Gasteiger partial charge in [-0.25, -0.2) is 0 Å². The van der Waals surface area contributed by atoms with Crippen LogP contribution in [0.25, 0.3) is 0 Å². The van der Waals surface area contributed by atoms with Crippen LogP contribution in [0, 0.1) is 56.5 Å². The number of aliphatic hydroxyl groups is 1. The monoisotopic (exact) mass is 1240 g/mol. The molecule has 0 aliphatic heterocycles. The zero-order valence-electron chi connectivity index (χ0n) is 54.7. The number of methoxy groups -OCH3 is 1. The minimum absolute atomic E-state index is 0.0493. The largest absolute Gasteiger partial charge is 0.497 e. The van der Waals surface area contributed by atoms with Crippen molar-refractivity contribution < 1.29 is 38.7 Å². The van der Waals surface area contributed by atoms with E-state index in [0.717, 1.165) is 77.2 Å². The maximum absolute atomic E-state index is 14.6. The molecular formula is C76H100N6O9. The minimum atomic E-state index is -1.21. The number of amides is 4. The number of non-ortho nitro benzene ring substituents is 1. The molecule has 91 heavy (non-hydrogen) atoms. The molecule has 0 saturated heterocycles. The zero-order valence-corrected chi connectivity index (χ0v) is 54.7. The number of hydrogen-bond donors (Lipinski definition) is 6. The van der Waals surface area contributed by atoms with Crippen molar-refractivity contribution in [1.29, 1.82) is 0 Å². The molecule has 0 bridgehead atoms. The SMILES string of the molecule is COc1ccc(C(NCCCCC(NC(=O)[C@H](Cc2ccc([N+](=O)[O-])cc2)NC(=O)CCC(=O)NCCCO[C@H]2CC[C@@]3(C)C(=CC[C@H]4[C@@H]5CC[C@H]([C@H](C)CCCC(C)C)[C@@]5(C)CC[C@@H]43)C2)C(=O)Nc2ccc(CO)cc2)(c2ccccc2)c2ccccc2)cc1. The van der Waals surface area contributed by atoms with Crippen molar-refractivity contribution in [3.63, 3.8) is 0 Å². The van der Waals surface area contributed by atoms with Gasteiger partial charge < -0.3 is 35.8 Å². The number of nitro benzene ring substituents is 1. The number of nitrogens with one attached hydrogen (secondary N) is 5. The van der Waals surface area contributed by atoms with Crippen molar-refractivity contribution >= 4 is 35.0 Å². The Kier molecular flexibility index (Phi) is 23.9. The first-order chi connectivity index (χ1) is 43.9. The van der Waals surface area contributed by atoms with Crippen LogP contribution in [-0.2, 0) is 42.5 Å². The van der Waals surface area contributed by atoms with Crippen LogP contribution in [0.1, 0.15) is 172 Å². The third kappa shape index (κ3) is 16.9. The zero-order chi connectivity index (χ0) is 64.5. The van der Waals surface area contributed by atoms with Gasteiger partial charge >= 0.3 is 0 Å². The Labute approximate surface area is 540 Å². The van der Waals surface area contributed by atoms with Gasteiger partial charge in [0.25, 0.3) is 5.69 Å². The number of ether oxygens (including phenoxy) is 2. The van der Waals surface area contributed by atoms with Crippen LogP contribution in [0.4, 0.5) is 11.4 Å². The lowest BCUT2D eigenvalue weighted by Gasteiger charge is -2.58. The van der Waals surface area contributed by atoms with Crippen molar-refractivity contribution in [2.45, 2.75) is 181 Å². The van der Waals surface area contributed by atoms with Gasteiger partial charge in [-0.1, -0.05) is 163 Å². The summed E-state index contributed by atoms with van der Waals surface area (Å²) in [5, 5.41) is 36.8. The molecule has 10 atom stereocenters. The molecule has 0 aromatic heterocycles. The van der Waals surface area contributed by atoms with E-state index in [4.69, 9.17) is 9.47 Å². The molecule has 1 unspecified atom stereocenters. The molecule has 3 saturated carbocycles. The second-order valence-electron chi connectivity index (χ2n) is 27.5. The first-order valence-corrected chi connectivity index (χ1v) is 33.9. The van der Waals surface area contributed by atoms with E-state index in [-0.39, 0.29) is 55.4 Å². The lowest BCUT2D eigenvalue weighted by atomic mass is 9.47. The standard InChI is InChI=1S/C76H100N6O9/c1-52(2)17-15-18-53(3)65-38-39-66-64-37-30-59-50-63(42-44-74(59,4)67(64)43-45-75(65,66)5)91-48-16-46-77-70(84)40-41-71(85)80-69(49-54-26-33-61(34-27-54)82(88)89)73(87)81-68(72(86)79-60-31-24-55(51-83)25-32-60)23-13-14-47-78-76(56-19-9-7-10-20-56,57-21-11-8-12-22-57)58-28-35-62(90-6)36-29-58/h7-12,19-22,24-36,52-53,63-69,78,83H,13-18,23,37-51H2,1-6H3,(H,77,84)(H,79,86)(H,80,85)(H,81,87)/t53-,63+,64+,65-,66+,67+,68?,69+,74+,75-/m1/s1. The first-order valence-electron chi connectivity index (χ1n) is 33.9. The van der Waals surface area contributed by atoms with Crippen molar-refractivity contribution in [2.75, 3.05) is 32.1 Å². The maximum Gasteiger partial charge on any atom is 0.269 e. The van der Waals surface area contributed by atoms with Crippen LogP contribution in [0.2, 0.25) is 0 Å². The van der Waals surface area contributed by atoms with Crippen molar-refractivity contribution in [2.24, 2.45) is 46.3 Å². The van der Waals surface area contributed by atoms with E-state index in [0.29, 0.717) is 61.2 Å². The molecule has 6 N–H and O–H groups in total. The molecule has 0 heterocycles. The smallest absolute Gasteiger partial charge is 0.269 e. The number of nitrogens with zero attached hydrogens (tertiary/aromatic N) is 1. The quantitative estimate of drug-likeness (QED) is 0.00789. The Morgan fingerprint density at radius 3 is 2.01 bits per heavy atom. The van der Waals surface area contributed by atoms with Gasteiger partial charge in [-0.05, 0) is 182 Å². The number of hydrogen-bond acceptors (Lipinski definition) is 10. The van der Waals surface area contributed by atoms with Gasteiger partial charge in [0.05, 0.1) is 30.3 Å². The number of nitro groups is 1. The molecule has 0 spiro atoms. The minimum Gasteiger partial charge on any atom is -0.497 e. The first kappa shape index (κ1) is 68.2. The fraction of sp³-hybridized carbons (Fsp3) is 0.526. The van der Waals surface area contributed by atoms with Gasteiger partial charge in [0.2, 0.25) is 23.6 Å². The Bertz CT molecular complexity index is 3170. The molecule has 5 aromatic rings. The Morgan fingerprint density at radius 1 is 0.681 bits per heavy atom. The molecule has 5 aromatic carbocycles. The topological polar surface area (TPSA) is 210 Å². The Balaban J connectivity index is 0.786. The average molecular weight is 1240 g/mol. The van der Waals surface area contributed by atoms with Crippen LogP contribution in [0.15, 0.2) is 145 Å². The van der Waals surface area contributed by atoms with Crippen LogP contribution >= 0.6 is 0 Å². The summed E-state index contributed by atoms with van der Waals surface area (Å²) in [6.45, 7) is 13.8. The highest BCUT2D eigenvalue weighted by Crippen LogP contribution is 2.67. The summed E-state index contributed by atoms with van der Waals surface area (Å²) < 4.78 is 12.0. The summed E-state index contributed by atoms with van der Waals surface area (Å²) in [5.41, 5.74) is 6.15. The van der Waals surface area contributed by atoms with E-state index < -0.39 is 40.3 Å². The number of allylic oxidation sites excluding steroid dienone is 1. The Morgan fingerprint density at radius 2 is 1.35 bits per heavy atom. The summed E-state index contributed by atoms with van der Waals surface area (Å²) in [6.07, 6.45) is 18.3. The molecule has 0 radical (unpaired) electrons. The Hall–Kier alpha value is -7.20. The van der Waals surface area contributed by atoms with Crippen LogP contribution < -0.4 is 31.3 Å². The van der Waals surface area contributed by atoms with E-state index in [1.807, 2.05) is 48.5 Å². The van der Waals surface area contributed by atoms with Crippen molar-refractivity contribution in [3.8, 4) is 5.75 Å². The van der Waals surface area contributed by atoms with Crippen molar-refractivity contribution in [3.05, 3.63) is 183 Å². The number of carbonyl (C=O) groups excluding carboxylic acids is 4. The molecule has 488 valence electrons. The van der Waals surface area contributed by atoms with E-state index in [2.05, 4.69) is 104 Å². The van der Waals surface area contributed by atoms with E-state index in [1.165, 1.54) is 75.6 Å². The highest BCUT2D eigenvalue weighted by atomic mass is 16.6. The van der Waals surface area contributed by atoms with Crippen LogP contribution in [0.3, 0.4) is 0 Å². The number of unbranched alkanes of at least 4 members (excludes halogenated alkanes) is 1. The fourth-order valence-electron chi connectivity index (χ4n) is 16.4. The van der Waals surface area contributed by atoms with Crippen LogP contribution in [-0.4, -0.2) is 78.7 Å². The lowest BCUT2D eigenvalue weighted by Crippen LogP contribution is -2.53. The normalized spacial score (nSPS) is 22.9. The number of aliphatic hydroxyl groups excluding tert-OH is 1. The summed E-state index contributed by atoms with van der Waals surface area (Å²) in [6, 6.07) is 38.6. The van der Waals surface area contributed by atoms with E-state index >= 15 is 0 Å². The summed E-state index contributed by atoms with van der Waals surface area (Å²) in [4.78, 5) is 67.0. The number of benzene rings is 5.